The number of carbonyl (C=O) groups excluding carboxylic acids is 2. The standard InChI is InChI=1S/C23H22ClN3O4/c1-14-20(9-10-28)23(31)27(22(25-14)17-6-3-7-18(24)11-17)13-21(30)26-19-8-4-5-16(12-19)15(2)29/h3-8,11-12,28H,9-10,13H2,1-2H3,(H,26,30). The summed E-state index contributed by atoms with van der Waals surface area (Å²) in [5.74, 6) is -0.266. The van der Waals surface area contributed by atoms with Crippen molar-refractivity contribution < 1.29 is 14.7 Å². The average molecular weight is 440 g/mol. The number of anilines is 1. The zero-order chi connectivity index (χ0) is 22.5. The molecule has 0 spiro atoms. The fourth-order valence-electron chi connectivity index (χ4n) is 3.25. The zero-order valence-electron chi connectivity index (χ0n) is 17.2. The number of halogens is 1. The van der Waals surface area contributed by atoms with Crippen molar-refractivity contribution in [1.29, 1.82) is 0 Å². The highest BCUT2D eigenvalue weighted by atomic mass is 35.5. The number of aliphatic hydroxyl groups excluding tert-OH is 1. The highest BCUT2D eigenvalue weighted by molar-refractivity contribution is 6.30. The van der Waals surface area contributed by atoms with Crippen LogP contribution in [0.3, 0.4) is 0 Å². The van der Waals surface area contributed by atoms with Crippen molar-refractivity contribution in [3.05, 3.63) is 80.7 Å². The molecule has 1 heterocycles. The second-order valence-corrected chi connectivity index (χ2v) is 7.50. The number of amides is 1. The van der Waals surface area contributed by atoms with Gasteiger partial charge in [0.1, 0.15) is 12.4 Å². The van der Waals surface area contributed by atoms with Gasteiger partial charge in [-0.15, -0.1) is 0 Å². The first-order valence-corrected chi connectivity index (χ1v) is 10.1. The molecule has 3 aromatic rings. The Balaban J connectivity index is 2.01. The first-order chi connectivity index (χ1) is 14.8. The van der Waals surface area contributed by atoms with Crippen molar-refractivity contribution in [2.45, 2.75) is 26.8 Å². The molecule has 2 aromatic carbocycles. The summed E-state index contributed by atoms with van der Waals surface area (Å²) in [6.45, 7) is 2.63. The molecule has 0 radical (unpaired) electrons. The molecule has 0 saturated carbocycles. The summed E-state index contributed by atoms with van der Waals surface area (Å²) in [5.41, 5.74) is 1.95. The second-order valence-electron chi connectivity index (χ2n) is 7.06. The van der Waals surface area contributed by atoms with E-state index in [0.29, 0.717) is 38.9 Å². The summed E-state index contributed by atoms with van der Waals surface area (Å²) in [5, 5.41) is 12.5. The maximum Gasteiger partial charge on any atom is 0.257 e. The molecule has 0 unspecified atom stereocenters. The Bertz CT molecular complexity index is 1200. The zero-order valence-corrected chi connectivity index (χ0v) is 17.9. The van der Waals surface area contributed by atoms with Crippen molar-refractivity contribution in [1.82, 2.24) is 9.55 Å². The van der Waals surface area contributed by atoms with Crippen molar-refractivity contribution in [2.75, 3.05) is 11.9 Å². The molecule has 0 fully saturated rings. The van der Waals surface area contributed by atoms with Gasteiger partial charge in [0, 0.05) is 46.1 Å². The van der Waals surface area contributed by atoms with Gasteiger partial charge < -0.3 is 10.4 Å². The Morgan fingerprint density at radius 3 is 2.58 bits per heavy atom. The Morgan fingerprint density at radius 1 is 1.16 bits per heavy atom. The van der Waals surface area contributed by atoms with E-state index in [4.69, 9.17) is 11.6 Å². The van der Waals surface area contributed by atoms with Gasteiger partial charge in [-0.2, -0.15) is 0 Å². The molecule has 0 atom stereocenters. The molecular formula is C23H22ClN3O4. The number of Topliss-reactive ketones (excluding diaryl/α,β-unsaturated/α-hetero) is 1. The van der Waals surface area contributed by atoms with Gasteiger partial charge in [0.05, 0.1) is 0 Å². The first kappa shape index (κ1) is 22.4. The van der Waals surface area contributed by atoms with E-state index < -0.39 is 11.5 Å². The van der Waals surface area contributed by atoms with Gasteiger partial charge in [0.25, 0.3) is 5.56 Å². The average Bonchev–Trinajstić information content (AvgIpc) is 2.73. The summed E-state index contributed by atoms with van der Waals surface area (Å²) in [6, 6.07) is 13.4. The minimum atomic E-state index is -0.452. The molecule has 31 heavy (non-hydrogen) atoms. The number of ketones is 1. The van der Waals surface area contributed by atoms with E-state index in [-0.39, 0.29) is 25.4 Å². The van der Waals surface area contributed by atoms with Crippen LogP contribution in [0.4, 0.5) is 5.69 Å². The molecule has 0 bridgehead atoms. The Hall–Kier alpha value is -3.29. The van der Waals surface area contributed by atoms with E-state index >= 15 is 0 Å². The van der Waals surface area contributed by atoms with Crippen LogP contribution in [0.1, 0.15) is 28.5 Å². The quantitative estimate of drug-likeness (QED) is 0.550. The van der Waals surface area contributed by atoms with E-state index in [2.05, 4.69) is 10.3 Å². The number of rotatable bonds is 7. The molecule has 7 nitrogen and oxygen atoms in total. The third-order valence-corrected chi connectivity index (χ3v) is 5.00. The van der Waals surface area contributed by atoms with E-state index in [0.717, 1.165) is 0 Å². The van der Waals surface area contributed by atoms with Crippen molar-refractivity contribution in [3.8, 4) is 11.4 Å². The first-order valence-electron chi connectivity index (χ1n) is 9.68. The highest BCUT2D eigenvalue weighted by Gasteiger charge is 2.18. The van der Waals surface area contributed by atoms with Gasteiger partial charge in [0.2, 0.25) is 5.91 Å². The molecule has 0 saturated heterocycles. The molecule has 2 N–H and O–H groups in total. The van der Waals surface area contributed by atoms with E-state index in [9.17, 15) is 19.5 Å². The van der Waals surface area contributed by atoms with Crippen LogP contribution >= 0.6 is 11.6 Å². The van der Waals surface area contributed by atoms with Gasteiger partial charge in [0.15, 0.2) is 5.78 Å². The van der Waals surface area contributed by atoms with Gasteiger partial charge in [-0.05, 0) is 38.1 Å². The predicted octanol–water partition coefficient (Wildman–Crippen LogP) is 3.25. The Labute approximate surface area is 184 Å². The van der Waals surface area contributed by atoms with Crippen LogP contribution in [-0.2, 0) is 17.8 Å². The van der Waals surface area contributed by atoms with Gasteiger partial charge in [-0.25, -0.2) is 4.98 Å². The number of hydrogen-bond donors (Lipinski definition) is 2. The number of carbonyl (C=O) groups is 2. The van der Waals surface area contributed by atoms with Gasteiger partial charge in [-0.1, -0.05) is 35.9 Å². The van der Waals surface area contributed by atoms with Crippen molar-refractivity contribution >= 4 is 29.0 Å². The molecule has 3 rings (SSSR count). The lowest BCUT2D eigenvalue weighted by molar-refractivity contribution is -0.116. The molecule has 1 amide bonds. The lowest BCUT2D eigenvalue weighted by Crippen LogP contribution is -2.33. The fraction of sp³-hybridized carbons (Fsp3) is 0.217. The van der Waals surface area contributed by atoms with Crippen LogP contribution in [0.2, 0.25) is 5.02 Å². The topological polar surface area (TPSA) is 101 Å². The minimum Gasteiger partial charge on any atom is -0.396 e. The minimum absolute atomic E-state index is 0.119. The van der Waals surface area contributed by atoms with E-state index in [1.54, 1.807) is 55.5 Å². The van der Waals surface area contributed by atoms with E-state index in [1.165, 1.54) is 11.5 Å². The summed E-state index contributed by atoms with van der Waals surface area (Å²) in [7, 11) is 0. The van der Waals surface area contributed by atoms with Crippen LogP contribution in [0.15, 0.2) is 53.3 Å². The van der Waals surface area contributed by atoms with Crippen LogP contribution < -0.4 is 10.9 Å². The summed E-state index contributed by atoms with van der Waals surface area (Å²) in [4.78, 5) is 42.0. The molecule has 0 aliphatic carbocycles. The number of nitrogens with one attached hydrogen (secondary N) is 1. The molecule has 160 valence electrons. The van der Waals surface area contributed by atoms with Gasteiger partial charge >= 0.3 is 0 Å². The van der Waals surface area contributed by atoms with E-state index in [1.807, 2.05) is 0 Å². The van der Waals surface area contributed by atoms with Crippen LogP contribution in [0.5, 0.6) is 0 Å². The maximum atomic E-state index is 13.1. The number of aryl methyl sites for hydroxylation is 1. The maximum absolute atomic E-state index is 13.1. The predicted molar refractivity (Wildman–Crippen MR) is 120 cm³/mol. The van der Waals surface area contributed by atoms with Crippen LogP contribution in [0, 0.1) is 6.92 Å². The highest BCUT2D eigenvalue weighted by Crippen LogP contribution is 2.21. The number of hydrogen-bond acceptors (Lipinski definition) is 5. The smallest absolute Gasteiger partial charge is 0.257 e. The molecule has 1 aromatic heterocycles. The summed E-state index contributed by atoms with van der Waals surface area (Å²) < 4.78 is 1.27. The van der Waals surface area contributed by atoms with Crippen molar-refractivity contribution in [2.24, 2.45) is 0 Å². The number of nitrogens with zero attached hydrogens (tertiary/aromatic N) is 2. The largest absolute Gasteiger partial charge is 0.396 e. The molecular weight excluding hydrogens is 418 g/mol. The summed E-state index contributed by atoms with van der Waals surface area (Å²) in [6.07, 6.45) is 0.135. The Morgan fingerprint density at radius 2 is 1.90 bits per heavy atom. The SMILES string of the molecule is CC(=O)c1cccc(NC(=O)Cn2c(-c3cccc(Cl)c3)nc(C)c(CCO)c2=O)c1. The Kier molecular flexibility index (Phi) is 6.99. The lowest BCUT2D eigenvalue weighted by atomic mass is 10.1. The molecule has 0 aliphatic heterocycles. The third-order valence-electron chi connectivity index (χ3n) is 4.77. The third kappa shape index (κ3) is 5.25. The molecule has 0 aliphatic rings. The number of aliphatic hydroxyl groups is 1. The number of aromatic nitrogens is 2. The van der Waals surface area contributed by atoms with Crippen LogP contribution in [-0.4, -0.2) is 33.0 Å². The number of benzene rings is 2. The monoisotopic (exact) mass is 439 g/mol. The fourth-order valence-corrected chi connectivity index (χ4v) is 3.45. The molecule has 8 heteroatoms. The normalized spacial score (nSPS) is 10.7. The van der Waals surface area contributed by atoms with Crippen molar-refractivity contribution in [3.63, 3.8) is 0 Å². The summed E-state index contributed by atoms with van der Waals surface area (Å²) >= 11 is 6.11. The van der Waals surface area contributed by atoms with Crippen LogP contribution in [0.25, 0.3) is 11.4 Å². The lowest BCUT2D eigenvalue weighted by Gasteiger charge is -2.16. The van der Waals surface area contributed by atoms with Gasteiger partial charge in [-0.3, -0.25) is 19.0 Å². The second kappa shape index (κ2) is 9.68.